The van der Waals surface area contributed by atoms with Crippen molar-refractivity contribution in [1.29, 1.82) is 0 Å². The van der Waals surface area contributed by atoms with E-state index in [0.717, 1.165) is 22.2 Å². The van der Waals surface area contributed by atoms with E-state index in [1.165, 1.54) is 0 Å². The topological polar surface area (TPSA) is 47.6 Å². The monoisotopic (exact) mass is 355 g/mol. The second kappa shape index (κ2) is 8.08. The SMILES string of the molecule is COc1cc(Br)ccc1C=CCCNC(=O)OC(C)(C)C. The summed E-state index contributed by atoms with van der Waals surface area (Å²) in [4.78, 5) is 11.4. The van der Waals surface area contributed by atoms with Gasteiger partial charge < -0.3 is 14.8 Å². The summed E-state index contributed by atoms with van der Waals surface area (Å²) >= 11 is 3.40. The first kappa shape index (κ1) is 17.6. The second-order valence-corrected chi connectivity index (χ2v) is 6.42. The van der Waals surface area contributed by atoms with E-state index in [-0.39, 0.29) is 0 Å². The summed E-state index contributed by atoms with van der Waals surface area (Å²) in [6.07, 6.45) is 4.29. The normalized spacial score (nSPS) is 11.5. The molecule has 0 saturated carbocycles. The molecule has 0 radical (unpaired) electrons. The standard InChI is InChI=1S/C16H22BrNO3/c1-16(2,3)21-15(19)18-10-6-5-7-12-8-9-13(17)11-14(12)20-4/h5,7-9,11H,6,10H2,1-4H3,(H,18,19). The predicted molar refractivity (Wildman–Crippen MR) is 88.6 cm³/mol. The summed E-state index contributed by atoms with van der Waals surface area (Å²) in [7, 11) is 1.64. The van der Waals surface area contributed by atoms with Crippen LogP contribution in [-0.4, -0.2) is 25.3 Å². The molecule has 1 amide bonds. The molecule has 0 bridgehead atoms. The van der Waals surface area contributed by atoms with Gasteiger partial charge in [-0.05, 0) is 39.3 Å². The third-order valence-electron chi connectivity index (χ3n) is 2.47. The molecule has 0 unspecified atom stereocenters. The van der Waals surface area contributed by atoms with Crippen LogP contribution < -0.4 is 10.1 Å². The van der Waals surface area contributed by atoms with Crippen molar-refractivity contribution in [3.05, 3.63) is 34.3 Å². The van der Waals surface area contributed by atoms with Crippen molar-refractivity contribution >= 4 is 28.1 Å². The number of halogens is 1. The van der Waals surface area contributed by atoms with Gasteiger partial charge in [0, 0.05) is 16.6 Å². The lowest BCUT2D eigenvalue weighted by atomic mass is 10.2. The number of hydrogen-bond donors (Lipinski definition) is 1. The zero-order valence-corrected chi connectivity index (χ0v) is 14.5. The smallest absolute Gasteiger partial charge is 0.407 e. The van der Waals surface area contributed by atoms with Crippen LogP contribution in [0.4, 0.5) is 4.79 Å². The van der Waals surface area contributed by atoms with Crippen molar-refractivity contribution in [2.24, 2.45) is 0 Å². The fourth-order valence-electron chi connectivity index (χ4n) is 1.60. The van der Waals surface area contributed by atoms with Crippen LogP contribution in [0.2, 0.25) is 0 Å². The number of alkyl carbamates (subject to hydrolysis) is 1. The molecule has 5 heteroatoms. The van der Waals surface area contributed by atoms with Gasteiger partial charge in [0.2, 0.25) is 0 Å². The molecule has 0 aliphatic carbocycles. The summed E-state index contributed by atoms with van der Waals surface area (Å²) in [6, 6.07) is 5.85. The van der Waals surface area contributed by atoms with E-state index < -0.39 is 11.7 Å². The molecule has 0 spiro atoms. The van der Waals surface area contributed by atoms with Crippen molar-refractivity contribution in [3.63, 3.8) is 0 Å². The zero-order chi connectivity index (χ0) is 15.9. The molecule has 0 atom stereocenters. The van der Waals surface area contributed by atoms with Crippen LogP contribution in [-0.2, 0) is 4.74 Å². The second-order valence-electron chi connectivity index (χ2n) is 5.51. The van der Waals surface area contributed by atoms with Crippen LogP contribution in [0.1, 0.15) is 32.8 Å². The number of benzene rings is 1. The van der Waals surface area contributed by atoms with E-state index in [1.54, 1.807) is 7.11 Å². The molecule has 0 saturated heterocycles. The molecule has 0 aliphatic heterocycles. The third-order valence-corrected chi connectivity index (χ3v) is 2.97. The Hall–Kier alpha value is -1.49. The number of carbonyl (C=O) groups excluding carboxylic acids is 1. The van der Waals surface area contributed by atoms with Gasteiger partial charge in [0.1, 0.15) is 11.4 Å². The summed E-state index contributed by atoms with van der Waals surface area (Å²) < 4.78 is 11.4. The molecule has 116 valence electrons. The molecule has 1 rings (SSSR count). The summed E-state index contributed by atoms with van der Waals surface area (Å²) in [5, 5.41) is 2.71. The van der Waals surface area contributed by atoms with E-state index in [9.17, 15) is 4.79 Å². The summed E-state index contributed by atoms with van der Waals surface area (Å²) in [5.74, 6) is 0.806. The molecule has 4 nitrogen and oxygen atoms in total. The van der Waals surface area contributed by atoms with Crippen molar-refractivity contribution in [2.45, 2.75) is 32.8 Å². The van der Waals surface area contributed by atoms with E-state index in [2.05, 4.69) is 21.2 Å². The Morgan fingerprint density at radius 1 is 1.38 bits per heavy atom. The molecule has 1 aromatic rings. The highest BCUT2D eigenvalue weighted by Crippen LogP contribution is 2.24. The van der Waals surface area contributed by atoms with Gasteiger partial charge in [0.25, 0.3) is 0 Å². The van der Waals surface area contributed by atoms with Gasteiger partial charge >= 0.3 is 6.09 Å². The van der Waals surface area contributed by atoms with Gasteiger partial charge in [0.15, 0.2) is 0 Å². The largest absolute Gasteiger partial charge is 0.496 e. The highest BCUT2D eigenvalue weighted by molar-refractivity contribution is 9.10. The first-order valence-electron chi connectivity index (χ1n) is 6.79. The molecule has 0 aliphatic rings. The lowest BCUT2D eigenvalue weighted by Crippen LogP contribution is -2.32. The zero-order valence-electron chi connectivity index (χ0n) is 12.9. The Bertz CT molecular complexity index is 507. The van der Waals surface area contributed by atoms with Crippen LogP contribution in [0.25, 0.3) is 6.08 Å². The Kier molecular flexibility index (Phi) is 6.75. The molecule has 0 heterocycles. The minimum atomic E-state index is -0.468. The molecule has 21 heavy (non-hydrogen) atoms. The Balaban J connectivity index is 2.41. The Labute approximate surface area is 134 Å². The van der Waals surface area contributed by atoms with Gasteiger partial charge in [-0.3, -0.25) is 0 Å². The number of hydrogen-bond acceptors (Lipinski definition) is 3. The van der Waals surface area contributed by atoms with Crippen molar-refractivity contribution in [2.75, 3.05) is 13.7 Å². The molecule has 0 fully saturated rings. The Morgan fingerprint density at radius 3 is 2.71 bits per heavy atom. The van der Waals surface area contributed by atoms with Crippen LogP contribution in [0.3, 0.4) is 0 Å². The minimum Gasteiger partial charge on any atom is -0.496 e. The van der Waals surface area contributed by atoms with Gasteiger partial charge in [-0.15, -0.1) is 0 Å². The minimum absolute atomic E-state index is 0.392. The number of ether oxygens (including phenoxy) is 2. The average Bonchev–Trinajstić information content (AvgIpc) is 2.37. The maximum atomic E-state index is 11.4. The number of amides is 1. The first-order valence-corrected chi connectivity index (χ1v) is 7.58. The van der Waals surface area contributed by atoms with Crippen LogP contribution >= 0.6 is 15.9 Å². The van der Waals surface area contributed by atoms with Gasteiger partial charge in [-0.25, -0.2) is 4.79 Å². The number of carbonyl (C=O) groups is 1. The molecular formula is C16H22BrNO3. The molecule has 1 N–H and O–H groups in total. The van der Waals surface area contributed by atoms with Gasteiger partial charge in [-0.2, -0.15) is 0 Å². The fourth-order valence-corrected chi connectivity index (χ4v) is 1.94. The maximum Gasteiger partial charge on any atom is 0.407 e. The number of methoxy groups -OCH3 is 1. The Morgan fingerprint density at radius 2 is 2.10 bits per heavy atom. The summed E-state index contributed by atoms with van der Waals surface area (Å²) in [5.41, 5.74) is 0.531. The fraction of sp³-hybridized carbons (Fsp3) is 0.438. The lowest BCUT2D eigenvalue weighted by molar-refractivity contribution is 0.0529. The first-order chi connectivity index (χ1) is 9.81. The van der Waals surface area contributed by atoms with Crippen LogP contribution in [0.15, 0.2) is 28.7 Å². The summed E-state index contributed by atoms with van der Waals surface area (Å²) in [6.45, 7) is 6.05. The lowest BCUT2D eigenvalue weighted by Gasteiger charge is -2.19. The third kappa shape index (κ3) is 7.18. The average molecular weight is 356 g/mol. The van der Waals surface area contributed by atoms with Crippen LogP contribution in [0, 0.1) is 0 Å². The van der Waals surface area contributed by atoms with E-state index >= 15 is 0 Å². The van der Waals surface area contributed by atoms with Crippen molar-refractivity contribution in [3.8, 4) is 5.75 Å². The van der Waals surface area contributed by atoms with Crippen LogP contribution in [0.5, 0.6) is 5.75 Å². The van der Waals surface area contributed by atoms with E-state index in [4.69, 9.17) is 9.47 Å². The molecular weight excluding hydrogens is 334 g/mol. The van der Waals surface area contributed by atoms with Gasteiger partial charge in [-0.1, -0.05) is 34.1 Å². The van der Waals surface area contributed by atoms with E-state index in [1.807, 2.05) is 51.1 Å². The van der Waals surface area contributed by atoms with Crippen molar-refractivity contribution in [1.82, 2.24) is 5.32 Å². The maximum absolute atomic E-state index is 11.4. The van der Waals surface area contributed by atoms with Gasteiger partial charge in [0.05, 0.1) is 7.11 Å². The molecule has 0 aromatic heterocycles. The van der Waals surface area contributed by atoms with Crippen molar-refractivity contribution < 1.29 is 14.3 Å². The molecule has 1 aromatic carbocycles. The quantitative estimate of drug-likeness (QED) is 0.797. The highest BCUT2D eigenvalue weighted by atomic mass is 79.9. The van der Waals surface area contributed by atoms with E-state index in [0.29, 0.717) is 6.54 Å². The number of nitrogens with one attached hydrogen (secondary N) is 1. The highest BCUT2D eigenvalue weighted by Gasteiger charge is 2.15. The predicted octanol–water partition coefficient (Wildman–Crippen LogP) is 4.39. The number of rotatable bonds is 5.